The molecule has 0 aliphatic rings. The summed E-state index contributed by atoms with van der Waals surface area (Å²) in [5.74, 6) is -0.272. The lowest BCUT2D eigenvalue weighted by Gasteiger charge is -2.15. The Balaban J connectivity index is 2.08. The van der Waals surface area contributed by atoms with Crippen LogP contribution in [0.1, 0.15) is 12.5 Å². The molecule has 0 aliphatic carbocycles. The number of nitrogens with zero attached hydrogens (tertiary/aromatic N) is 3. The Kier molecular flexibility index (Phi) is 5.18. The number of anilines is 2. The van der Waals surface area contributed by atoms with Crippen molar-refractivity contribution >= 4 is 23.2 Å². The minimum atomic E-state index is -0.641. The van der Waals surface area contributed by atoms with E-state index in [-0.39, 0.29) is 24.9 Å². The lowest BCUT2D eigenvalue weighted by Crippen LogP contribution is -2.42. The van der Waals surface area contributed by atoms with Gasteiger partial charge in [-0.15, -0.1) is 0 Å². The topological polar surface area (TPSA) is 68.9 Å². The van der Waals surface area contributed by atoms with Crippen LogP contribution in [0.25, 0.3) is 0 Å². The van der Waals surface area contributed by atoms with Gasteiger partial charge in [-0.25, -0.2) is 18.5 Å². The van der Waals surface area contributed by atoms with Gasteiger partial charge in [0.25, 0.3) is 0 Å². The minimum Gasteiger partial charge on any atom is -0.325 e. The van der Waals surface area contributed by atoms with Gasteiger partial charge in [-0.2, -0.15) is 4.98 Å². The fraction of sp³-hybridized carbons (Fsp3) is 0.167. The number of rotatable bonds is 5. The molecule has 0 fully saturated rings. The molecule has 0 aliphatic heterocycles. The summed E-state index contributed by atoms with van der Waals surface area (Å²) in [6.45, 7) is 2.03. The zero-order valence-corrected chi connectivity index (χ0v) is 14.7. The van der Waals surface area contributed by atoms with Crippen LogP contribution in [-0.2, 0) is 13.1 Å². The van der Waals surface area contributed by atoms with E-state index in [0.29, 0.717) is 16.3 Å². The van der Waals surface area contributed by atoms with E-state index in [1.165, 1.54) is 16.7 Å². The molecule has 0 amide bonds. The molecular weight excluding hydrogens is 359 g/mol. The number of aromatic nitrogens is 3. The summed E-state index contributed by atoms with van der Waals surface area (Å²) in [5.41, 5.74) is 0.149. The Hall–Kier alpha value is -2.93. The highest BCUT2D eigenvalue weighted by molar-refractivity contribution is 6.30. The van der Waals surface area contributed by atoms with Crippen molar-refractivity contribution in [3.8, 4) is 0 Å². The van der Waals surface area contributed by atoms with Gasteiger partial charge in [0.05, 0.1) is 6.54 Å². The highest BCUT2D eigenvalue weighted by Gasteiger charge is 2.13. The van der Waals surface area contributed by atoms with Crippen LogP contribution in [0.5, 0.6) is 0 Å². The quantitative estimate of drug-likeness (QED) is 0.745. The maximum absolute atomic E-state index is 13.1. The van der Waals surface area contributed by atoms with Gasteiger partial charge in [-0.1, -0.05) is 29.8 Å². The van der Waals surface area contributed by atoms with E-state index in [0.717, 1.165) is 4.57 Å². The summed E-state index contributed by atoms with van der Waals surface area (Å²) in [7, 11) is 0. The maximum Gasteiger partial charge on any atom is 0.354 e. The van der Waals surface area contributed by atoms with Crippen molar-refractivity contribution in [3.63, 3.8) is 0 Å². The molecule has 8 heteroatoms. The summed E-state index contributed by atoms with van der Waals surface area (Å²) < 4.78 is 15.5. The SMILES string of the molecule is CCn1c(=O)nc(Nc2cccc(Cl)c2)n(Cc2ccc(F)cc2)c1=O. The summed E-state index contributed by atoms with van der Waals surface area (Å²) in [5, 5.41) is 3.46. The molecule has 26 heavy (non-hydrogen) atoms. The Morgan fingerprint density at radius 2 is 1.85 bits per heavy atom. The predicted molar refractivity (Wildman–Crippen MR) is 98.7 cm³/mol. The molecule has 0 saturated carbocycles. The fourth-order valence-corrected chi connectivity index (χ4v) is 2.70. The van der Waals surface area contributed by atoms with Crippen LogP contribution in [0.2, 0.25) is 5.02 Å². The van der Waals surface area contributed by atoms with Crippen molar-refractivity contribution < 1.29 is 4.39 Å². The number of benzene rings is 2. The third-order valence-corrected chi connectivity index (χ3v) is 4.04. The third kappa shape index (κ3) is 3.83. The highest BCUT2D eigenvalue weighted by Crippen LogP contribution is 2.18. The second-order valence-corrected chi connectivity index (χ2v) is 6.03. The van der Waals surface area contributed by atoms with Gasteiger partial charge in [0.15, 0.2) is 0 Å². The van der Waals surface area contributed by atoms with E-state index in [2.05, 4.69) is 10.3 Å². The first-order valence-corrected chi connectivity index (χ1v) is 8.34. The first-order chi connectivity index (χ1) is 12.5. The van der Waals surface area contributed by atoms with Crippen LogP contribution in [0.15, 0.2) is 58.1 Å². The largest absolute Gasteiger partial charge is 0.354 e. The van der Waals surface area contributed by atoms with Gasteiger partial charge in [0.1, 0.15) is 5.82 Å². The van der Waals surface area contributed by atoms with E-state index >= 15 is 0 Å². The first-order valence-electron chi connectivity index (χ1n) is 7.96. The van der Waals surface area contributed by atoms with Crippen molar-refractivity contribution in [1.82, 2.24) is 14.1 Å². The summed E-state index contributed by atoms with van der Waals surface area (Å²) in [6.07, 6.45) is 0. The number of hydrogen-bond donors (Lipinski definition) is 1. The highest BCUT2D eigenvalue weighted by atomic mass is 35.5. The van der Waals surface area contributed by atoms with Crippen molar-refractivity contribution in [2.75, 3.05) is 5.32 Å². The van der Waals surface area contributed by atoms with Gasteiger partial charge in [0, 0.05) is 17.3 Å². The summed E-state index contributed by atoms with van der Waals surface area (Å²) in [4.78, 5) is 28.8. The van der Waals surface area contributed by atoms with Crippen molar-refractivity contribution in [3.05, 3.63) is 85.9 Å². The van der Waals surface area contributed by atoms with Crippen LogP contribution in [-0.4, -0.2) is 14.1 Å². The monoisotopic (exact) mass is 374 g/mol. The maximum atomic E-state index is 13.1. The fourth-order valence-electron chi connectivity index (χ4n) is 2.51. The van der Waals surface area contributed by atoms with Crippen LogP contribution in [0.4, 0.5) is 16.0 Å². The zero-order chi connectivity index (χ0) is 18.7. The Morgan fingerprint density at radius 1 is 1.12 bits per heavy atom. The molecule has 1 heterocycles. The van der Waals surface area contributed by atoms with Crippen molar-refractivity contribution in [1.29, 1.82) is 0 Å². The lowest BCUT2D eigenvalue weighted by molar-refractivity contribution is 0.575. The molecule has 3 rings (SSSR count). The standard InChI is InChI=1S/C18H16ClFN4O2/c1-2-23-17(25)22-16(21-15-5-3-4-13(19)10-15)24(18(23)26)11-12-6-8-14(20)9-7-12/h3-10H,2,11H2,1H3,(H,21,22,25). The van der Waals surface area contributed by atoms with Crippen LogP contribution < -0.4 is 16.7 Å². The average Bonchev–Trinajstić information content (AvgIpc) is 2.60. The Labute approximate surface area is 153 Å². The first kappa shape index (κ1) is 17.9. The van der Waals surface area contributed by atoms with Gasteiger partial charge < -0.3 is 5.32 Å². The van der Waals surface area contributed by atoms with E-state index in [9.17, 15) is 14.0 Å². The third-order valence-electron chi connectivity index (χ3n) is 3.80. The molecule has 1 aromatic heterocycles. The molecular formula is C18H16ClFN4O2. The Morgan fingerprint density at radius 3 is 2.50 bits per heavy atom. The lowest BCUT2D eigenvalue weighted by atomic mass is 10.2. The van der Waals surface area contributed by atoms with Crippen molar-refractivity contribution in [2.45, 2.75) is 20.0 Å². The van der Waals surface area contributed by atoms with Gasteiger partial charge in [0.2, 0.25) is 5.95 Å². The molecule has 3 aromatic rings. The molecule has 0 spiro atoms. The van der Waals surface area contributed by atoms with E-state index in [4.69, 9.17) is 11.6 Å². The number of nitrogens with one attached hydrogen (secondary N) is 1. The summed E-state index contributed by atoms with van der Waals surface area (Å²) >= 11 is 5.98. The number of halogens is 2. The molecule has 0 atom stereocenters. The molecule has 134 valence electrons. The van der Waals surface area contributed by atoms with E-state index in [1.54, 1.807) is 43.3 Å². The van der Waals surface area contributed by atoms with Gasteiger partial charge in [-0.05, 0) is 42.8 Å². The molecule has 6 nitrogen and oxygen atoms in total. The van der Waals surface area contributed by atoms with E-state index in [1.807, 2.05) is 0 Å². The van der Waals surface area contributed by atoms with Crippen LogP contribution in [0.3, 0.4) is 0 Å². The molecule has 0 radical (unpaired) electrons. The van der Waals surface area contributed by atoms with Crippen LogP contribution in [0, 0.1) is 5.82 Å². The smallest absolute Gasteiger partial charge is 0.325 e. The van der Waals surface area contributed by atoms with Crippen molar-refractivity contribution in [2.24, 2.45) is 0 Å². The molecule has 0 bridgehead atoms. The van der Waals surface area contributed by atoms with E-state index < -0.39 is 11.4 Å². The average molecular weight is 375 g/mol. The molecule has 2 aromatic carbocycles. The zero-order valence-electron chi connectivity index (χ0n) is 13.9. The predicted octanol–water partition coefficient (Wildman–Crippen LogP) is 3.01. The number of hydrogen-bond acceptors (Lipinski definition) is 4. The molecule has 0 unspecified atom stereocenters. The second kappa shape index (κ2) is 7.53. The van der Waals surface area contributed by atoms with Crippen LogP contribution >= 0.6 is 11.6 Å². The second-order valence-electron chi connectivity index (χ2n) is 5.59. The normalized spacial score (nSPS) is 10.7. The Bertz CT molecular complexity index is 1040. The molecule has 1 N–H and O–H groups in total. The molecule has 0 saturated heterocycles. The summed E-state index contributed by atoms with van der Waals surface area (Å²) in [6, 6.07) is 12.6. The van der Waals surface area contributed by atoms with Gasteiger partial charge >= 0.3 is 11.4 Å². The minimum absolute atomic E-state index is 0.0938. The van der Waals surface area contributed by atoms with Gasteiger partial charge in [-0.3, -0.25) is 4.57 Å².